The van der Waals surface area contributed by atoms with Crippen LogP contribution in [0.5, 0.6) is 0 Å². The minimum Gasteiger partial charge on any atom is -0.481 e. The van der Waals surface area contributed by atoms with Gasteiger partial charge in [0.25, 0.3) is 0 Å². The van der Waals surface area contributed by atoms with E-state index in [9.17, 15) is 9.90 Å². The van der Waals surface area contributed by atoms with Gasteiger partial charge in [0.1, 0.15) is 5.92 Å². The van der Waals surface area contributed by atoms with Crippen LogP contribution in [0.15, 0.2) is 6.20 Å². The zero-order valence-electron chi connectivity index (χ0n) is 12.1. The summed E-state index contributed by atoms with van der Waals surface area (Å²) in [4.78, 5) is 16.9. The number of fused-ring (bicyclic) bond motifs is 1. The molecule has 6 nitrogen and oxygen atoms in total. The van der Waals surface area contributed by atoms with Crippen molar-refractivity contribution >= 4 is 28.1 Å². The fraction of sp³-hybridized carbons (Fsp3) is 0.500. The molecule has 0 radical (unpaired) electrons. The number of nitrogens with one attached hydrogen (secondary N) is 1. The fourth-order valence-corrected chi connectivity index (χ4v) is 3.80. The average molecular weight is 306 g/mol. The number of rotatable bonds is 4. The number of anilines is 2. The van der Waals surface area contributed by atoms with Crippen LogP contribution in [0.3, 0.4) is 0 Å². The lowest BCUT2D eigenvalue weighted by atomic mass is 9.91. The van der Waals surface area contributed by atoms with Crippen LogP contribution < -0.4 is 5.32 Å². The Morgan fingerprint density at radius 3 is 3.14 bits per heavy atom. The molecule has 1 unspecified atom stereocenters. The van der Waals surface area contributed by atoms with Crippen molar-refractivity contribution in [2.24, 2.45) is 7.05 Å². The van der Waals surface area contributed by atoms with Crippen LogP contribution in [-0.2, 0) is 24.7 Å². The second kappa shape index (κ2) is 5.48. The Labute approximate surface area is 126 Å². The summed E-state index contributed by atoms with van der Waals surface area (Å²) in [5.41, 5.74) is 2.67. The first-order chi connectivity index (χ1) is 10.1. The van der Waals surface area contributed by atoms with Gasteiger partial charge >= 0.3 is 5.97 Å². The third-order valence-electron chi connectivity index (χ3n) is 3.73. The van der Waals surface area contributed by atoms with Crippen molar-refractivity contribution in [3.05, 3.63) is 22.5 Å². The summed E-state index contributed by atoms with van der Waals surface area (Å²) in [6.45, 7) is 2.06. The highest BCUT2D eigenvalue weighted by molar-refractivity contribution is 7.15. The summed E-state index contributed by atoms with van der Waals surface area (Å²) in [5.74, 6) is -1.23. The molecule has 0 saturated heterocycles. The summed E-state index contributed by atoms with van der Waals surface area (Å²) in [5, 5.41) is 17.7. The van der Waals surface area contributed by atoms with Gasteiger partial charge in [-0.05, 0) is 25.7 Å². The molecule has 1 aliphatic rings. The highest BCUT2D eigenvalue weighted by Gasteiger charge is 2.30. The largest absolute Gasteiger partial charge is 0.481 e. The van der Waals surface area contributed by atoms with Gasteiger partial charge in [-0.25, -0.2) is 4.98 Å². The summed E-state index contributed by atoms with van der Waals surface area (Å²) >= 11 is 1.56. The number of carbonyl (C=O) groups is 1. The molecule has 2 heterocycles. The zero-order valence-corrected chi connectivity index (χ0v) is 12.9. The average Bonchev–Trinajstić information content (AvgIpc) is 3.00. The van der Waals surface area contributed by atoms with Crippen LogP contribution in [0, 0.1) is 0 Å². The number of hydrogen-bond acceptors (Lipinski definition) is 5. The van der Waals surface area contributed by atoms with Crippen LogP contribution in [-0.4, -0.2) is 25.8 Å². The Bertz CT molecular complexity index is 677. The Balaban J connectivity index is 1.89. The Kier molecular flexibility index (Phi) is 3.67. The summed E-state index contributed by atoms with van der Waals surface area (Å²) in [7, 11) is 1.89. The van der Waals surface area contributed by atoms with E-state index in [4.69, 9.17) is 0 Å². The molecule has 0 aromatic carbocycles. The molecule has 0 spiro atoms. The lowest BCUT2D eigenvalue weighted by Crippen LogP contribution is -2.17. The molecule has 1 atom stereocenters. The SMILES string of the molecule is CCc1nn(C)cc1Nc1nc2c(s1)CCCC2C(=O)O. The number of carboxylic acids is 1. The van der Waals surface area contributed by atoms with E-state index >= 15 is 0 Å². The highest BCUT2D eigenvalue weighted by atomic mass is 32.1. The van der Waals surface area contributed by atoms with E-state index in [-0.39, 0.29) is 0 Å². The second-order valence-corrected chi connectivity index (χ2v) is 6.34. The van der Waals surface area contributed by atoms with Crippen LogP contribution in [0.1, 0.15) is 41.9 Å². The van der Waals surface area contributed by atoms with Crippen molar-refractivity contribution in [3.8, 4) is 0 Å². The van der Waals surface area contributed by atoms with Crippen LogP contribution in [0.25, 0.3) is 0 Å². The standard InChI is InChI=1S/C14H18N4O2S/c1-3-9-10(7-18(2)17-9)15-14-16-12-8(13(19)20)5-4-6-11(12)21-14/h7-8H,3-6H2,1-2H3,(H,15,16)(H,19,20). The third kappa shape index (κ3) is 2.65. The van der Waals surface area contributed by atoms with Crippen LogP contribution in [0.2, 0.25) is 0 Å². The normalized spacial score (nSPS) is 17.5. The van der Waals surface area contributed by atoms with Crippen molar-refractivity contribution in [1.82, 2.24) is 14.8 Å². The molecule has 0 fully saturated rings. The van der Waals surface area contributed by atoms with Gasteiger partial charge in [0.15, 0.2) is 5.13 Å². The molecule has 1 aliphatic carbocycles. The van der Waals surface area contributed by atoms with E-state index in [0.29, 0.717) is 6.42 Å². The number of aryl methyl sites for hydroxylation is 3. The smallest absolute Gasteiger partial charge is 0.312 e. The van der Waals surface area contributed by atoms with E-state index in [1.165, 1.54) is 0 Å². The van der Waals surface area contributed by atoms with Crippen molar-refractivity contribution in [3.63, 3.8) is 0 Å². The molecule has 0 saturated carbocycles. The molecule has 2 aromatic heterocycles. The van der Waals surface area contributed by atoms with E-state index in [1.807, 2.05) is 13.2 Å². The summed E-state index contributed by atoms with van der Waals surface area (Å²) in [6.07, 6.45) is 5.28. The molecule has 112 valence electrons. The quantitative estimate of drug-likeness (QED) is 0.908. The lowest BCUT2D eigenvalue weighted by Gasteiger charge is -2.16. The minimum absolute atomic E-state index is 0.458. The molecular weight excluding hydrogens is 288 g/mol. The predicted octanol–water partition coefficient (Wildman–Crippen LogP) is 2.69. The third-order valence-corrected chi connectivity index (χ3v) is 4.78. The van der Waals surface area contributed by atoms with E-state index < -0.39 is 11.9 Å². The first-order valence-corrected chi connectivity index (χ1v) is 7.92. The molecule has 2 aromatic rings. The molecule has 0 amide bonds. The van der Waals surface area contributed by atoms with Crippen LogP contribution >= 0.6 is 11.3 Å². The number of nitrogens with zero attached hydrogens (tertiary/aromatic N) is 3. The van der Waals surface area contributed by atoms with Crippen molar-refractivity contribution in [2.75, 3.05) is 5.32 Å². The number of thiazole rings is 1. The molecule has 2 N–H and O–H groups in total. The van der Waals surface area contributed by atoms with E-state index in [0.717, 1.165) is 46.3 Å². The fourth-order valence-electron chi connectivity index (χ4n) is 2.73. The maximum atomic E-state index is 11.3. The van der Waals surface area contributed by atoms with Crippen molar-refractivity contribution in [2.45, 2.75) is 38.5 Å². The van der Waals surface area contributed by atoms with Gasteiger partial charge in [-0.2, -0.15) is 5.10 Å². The summed E-state index contributed by atoms with van der Waals surface area (Å²) in [6, 6.07) is 0. The molecule has 7 heteroatoms. The van der Waals surface area contributed by atoms with E-state index in [1.54, 1.807) is 16.0 Å². The maximum absolute atomic E-state index is 11.3. The first kappa shape index (κ1) is 14.1. The predicted molar refractivity (Wildman–Crippen MR) is 81.3 cm³/mol. The Hall–Kier alpha value is -1.89. The lowest BCUT2D eigenvalue weighted by molar-refractivity contribution is -0.139. The molecule has 21 heavy (non-hydrogen) atoms. The van der Waals surface area contributed by atoms with Crippen LogP contribution in [0.4, 0.5) is 10.8 Å². The monoisotopic (exact) mass is 306 g/mol. The van der Waals surface area contributed by atoms with Gasteiger partial charge in [0.05, 0.1) is 17.1 Å². The Morgan fingerprint density at radius 1 is 1.62 bits per heavy atom. The second-order valence-electron chi connectivity index (χ2n) is 5.25. The van der Waals surface area contributed by atoms with Gasteiger partial charge < -0.3 is 10.4 Å². The van der Waals surface area contributed by atoms with Crippen molar-refractivity contribution in [1.29, 1.82) is 0 Å². The van der Waals surface area contributed by atoms with E-state index in [2.05, 4.69) is 22.3 Å². The number of aromatic nitrogens is 3. The van der Waals surface area contributed by atoms with Gasteiger partial charge in [-0.15, -0.1) is 11.3 Å². The van der Waals surface area contributed by atoms with Crippen molar-refractivity contribution < 1.29 is 9.90 Å². The maximum Gasteiger partial charge on any atom is 0.312 e. The number of hydrogen-bond donors (Lipinski definition) is 2. The summed E-state index contributed by atoms with van der Waals surface area (Å²) < 4.78 is 1.77. The molecular formula is C14H18N4O2S. The first-order valence-electron chi connectivity index (χ1n) is 7.10. The molecule has 0 aliphatic heterocycles. The topological polar surface area (TPSA) is 80.0 Å². The van der Waals surface area contributed by atoms with Gasteiger partial charge in [-0.1, -0.05) is 6.92 Å². The zero-order chi connectivity index (χ0) is 15.0. The van der Waals surface area contributed by atoms with Gasteiger partial charge in [0.2, 0.25) is 0 Å². The minimum atomic E-state index is -0.775. The Morgan fingerprint density at radius 2 is 2.43 bits per heavy atom. The number of aliphatic carboxylic acids is 1. The highest BCUT2D eigenvalue weighted by Crippen LogP contribution is 2.37. The molecule has 0 bridgehead atoms. The molecule has 3 rings (SSSR count). The van der Waals surface area contributed by atoms with Gasteiger partial charge in [-0.3, -0.25) is 9.48 Å². The number of carboxylic acid groups (broad SMARTS) is 1. The van der Waals surface area contributed by atoms with Gasteiger partial charge in [0, 0.05) is 18.1 Å².